The third-order valence-electron chi connectivity index (χ3n) is 5.69. The maximum absolute atomic E-state index is 6.49. The summed E-state index contributed by atoms with van der Waals surface area (Å²) in [5, 5.41) is 2.52. The first-order valence-corrected chi connectivity index (χ1v) is 9.88. The molecule has 4 N–H and O–H groups in total. The third-order valence-corrected chi connectivity index (χ3v) is 5.69. The number of hydrogen-bond acceptors (Lipinski definition) is 2. The second-order valence-corrected chi connectivity index (χ2v) is 7.42. The fourth-order valence-electron chi connectivity index (χ4n) is 4.14. The van der Waals surface area contributed by atoms with Crippen LogP contribution in [0.1, 0.15) is 23.2 Å². The Morgan fingerprint density at radius 2 is 0.931 bits per heavy atom. The number of fused-ring (bicyclic) bond motifs is 3. The number of nitrogens with two attached hydrogens (primary N) is 2. The van der Waals surface area contributed by atoms with Crippen LogP contribution in [0.4, 0.5) is 0 Å². The average Bonchev–Trinajstić information content (AvgIpc) is 3.13. The fourth-order valence-corrected chi connectivity index (χ4v) is 4.14. The molecule has 2 atom stereocenters. The molecule has 142 valence electrons. The second kappa shape index (κ2) is 7.21. The Bertz CT molecular complexity index is 1220. The summed E-state index contributed by atoms with van der Waals surface area (Å²) >= 11 is 0. The van der Waals surface area contributed by atoms with Gasteiger partial charge in [-0.25, -0.2) is 0 Å². The van der Waals surface area contributed by atoms with Gasteiger partial charge in [-0.15, -0.1) is 0 Å². The van der Waals surface area contributed by atoms with E-state index in [4.69, 9.17) is 11.5 Å². The van der Waals surface area contributed by atoms with E-state index in [2.05, 4.69) is 77.4 Å². The molecule has 0 fully saturated rings. The first kappa shape index (κ1) is 17.7. The predicted molar refractivity (Wildman–Crippen MR) is 121 cm³/mol. The third kappa shape index (κ3) is 3.01. The molecule has 0 aliphatic rings. The van der Waals surface area contributed by atoms with E-state index < -0.39 is 0 Å². The lowest BCUT2D eigenvalue weighted by atomic mass is 9.95. The zero-order valence-electron chi connectivity index (χ0n) is 16.1. The largest absolute Gasteiger partial charge is 0.322 e. The minimum Gasteiger partial charge on any atom is -0.322 e. The Balaban J connectivity index is 1.56. The summed E-state index contributed by atoms with van der Waals surface area (Å²) in [7, 11) is 0. The highest BCUT2D eigenvalue weighted by Crippen LogP contribution is 2.32. The maximum Gasteiger partial charge on any atom is 0.0541 e. The summed E-state index contributed by atoms with van der Waals surface area (Å²) in [6.07, 6.45) is 0. The molecule has 0 spiro atoms. The zero-order valence-corrected chi connectivity index (χ0v) is 16.1. The van der Waals surface area contributed by atoms with Gasteiger partial charge in [0.2, 0.25) is 0 Å². The minimum atomic E-state index is -0.260. The van der Waals surface area contributed by atoms with E-state index >= 15 is 0 Å². The predicted octanol–water partition coefficient (Wildman–Crippen LogP) is 5.48. The van der Waals surface area contributed by atoms with Crippen molar-refractivity contribution >= 4 is 21.8 Å². The van der Waals surface area contributed by atoms with Crippen molar-refractivity contribution in [2.75, 3.05) is 0 Å². The normalized spacial score (nSPS) is 13.6. The molecule has 3 nitrogen and oxygen atoms in total. The number of aromatic nitrogens is 1. The van der Waals surface area contributed by atoms with E-state index in [0.717, 1.165) is 16.8 Å². The van der Waals surface area contributed by atoms with Crippen LogP contribution in [0, 0.1) is 0 Å². The molecule has 3 heteroatoms. The smallest absolute Gasteiger partial charge is 0.0541 e. The first-order chi connectivity index (χ1) is 14.2. The molecule has 0 radical (unpaired) electrons. The van der Waals surface area contributed by atoms with Gasteiger partial charge in [-0.05, 0) is 35.4 Å². The lowest BCUT2D eigenvalue weighted by Crippen LogP contribution is -2.26. The molecule has 5 aromatic rings. The molecule has 0 aliphatic heterocycles. The highest BCUT2D eigenvalue weighted by molar-refractivity contribution is 6.09. The van der Waals surface area contributed by atoms with Gasteiger partial charge < -0.3 is 16.0 Å². The molecule has 0 aliphatic carbocycles. The van der Waals surface area contributed by atoms with Crippen molar-refractivity contribution in [1.82, 2.24) is 4.57 Å². The summed E-state index contributed by atoms with van der Waals surface area (Å²) < 4.78 is 2.30. The highest BCUT2D eigenvalue weighted by atomic mass is 15.0. The van der Waals surface area contributed by atoms with Gasteiger partial charge in [0.25, 0.3) is 0 Å². The molecule has 0 saturated heterocycles. The number of para-hydroxylation sites is 2. The van der Waals surface area contributed by atoms with Crippen LogP contribution in [0.15, 0.2) is 103 Å². The van der Waals surface area contributed by atoms with Crippen LogP contribution >= 0.6 is 0 Å². The summed E-state index contributed by atoms with van der Waals surface area (Å²) in [5.74, 6) is 0. The molecule has 29 heavy (non-hydrogen) atoms. The summed E-state index contributed by atoms with van der Waals surface area (Å²) in [5.41, 5.74) is 18.5. The topological polar surface area (TPSA) is 57.0 Å². The van der Waals surface area contributed by atoms with E-state index in [-0.39, 0.29) is 12.1 Å². The molecule has 2 unspecified atom stereocenters. The lowest BCUT2D eigenvalue weighted by Gasteiger charge is -2.21. The van der Waals surface area contributed by atoms with Crippen molar-refractivity contribution < 1.29 is 0 Å². The maximum atomic E-state index is 6.49. The molecule has 0 saturated carbocycles. The number of nitrogens with zero attached hydrogens (tertiary/aromatic N) is 1. The quantitative estimate of drug-likeness (QED) is 0.435. The summed E-state index contributed by atoms with van der Waals surface area (Å²) in [4.78, 5) is 0. The Kier molecular flexibility index (Phi) is 4.39. The minimum absolute atomic E-state index is 0.240. The first-order valence-electron chi connectivity index (χ1n) is 9.88. The van der Waals surface area contributed by atoms with Crippen molar-refractivity contribution in [2.45, 2.75) is 12.1 Å². The Labute approximate surface area is 170 Å². The fraction of sp³-hybridized carbons (Fsp3) is 0.0769. The number of benzene rings is 4. The molecule has 4 aromatic carbocycles. The van der Waals surface area contributed by atoms with E-state index in [1.54, 1.807) is 0 Å². The van der Waals surface area contributed by atoms with Gasteiger partial charge in [0, 0.05) is 28.5 Å². The van der Waals surface area contributed by atoms with Gasteiger partial charge in [-0.1, -0.05) is 78.9 Å². The number of rotatable bonds is 4. The van der Waals surface area contributed by atoms with Gasteiger partial charge in [-0.3, -0.25) is 0 Å². The molecule has 0 bridgehead atoms. The van der Waals surface area contributed by atoms with Crippen LogP contribution in [-0.2, 0) is 0 Å². The van der Waals surface area contributed by atoms with Gasteiger partial charge in [0.15, 0.2) is 0 Å². The summed E-state index contributed by atoms with van der Waals surface area (Å²) in [6.45, 7) is 0. The van der Waals surface area contributed by atoms with Crippen molar-refractivity contribution in [3.05, 3.63) is 114 Å². The van der Waals surface area contributed by atoms with E-state index in [0.29, 0.717) is 0 Å². The van der Waals surface area contributed by atoms with E-state index in [1.807, 2.05) is 30.3 Å². The van der Waals surface area contributed by atoms with Crippen LogP contribution in [0.25, 0.3) is 27.5 Å². The van der Waals surface area contributed by atoms with Gasteiger partial charge >= 0.3 is 0 Å². The standard InChI is InChI=1S/C26H23N3/c27-25(18-8-2-1-3-9-18)26(28)19-14-16-20(17-15-19)29-23-12-6-4-10-21(23)22-11-5-7-13-24(22)29/h1-17,25-26H,27-28H2. The van der Waals surface area contributed by atoms with Crippen molar-refractivity contribution in [3.63, 3.8) is 0 Å². The summed E-state index contributed by atoms with van der Waals surface area (Å²) in [6, 6.07) is 35.0. The number of hydrogen-bond donors (Lipinski definition) is 2. The Morgan fingerprint density at radius 3 is 1.48 bits per heavy atom. The molecular weight excluding hydrogens is 354 g/mol. The van der Waals surface area contributed by atoms with Gasteiger partial charge in [0.1, 0.15) is 0 Å². The van der Waals surface area contributed by atoms with Gasteiger partial charge in [0.05, 0.1) is 11.0 Å². The molecule has 1 aromatic heterocycles. The monoisotopic (exact) mass is 377 g/mol. The Morgan fingerprint density at radius 1 is 0.483 bits per heavy atom. The van der Waals surface area contributed by atoms with Crippen LogP contribution in [-0.4, -0.2) is 4.57 Å². The molecule has 1 heterocycles. The lowest BCUT2D eigenvalue weighted by molar-refractivity contribution is 0.574. The zero-order chi connectivity index (χ0) is 19.8. The molecule has 0 amide bonds. The van der Waals surface area contributed by atoms with Crippen LogP contribution in [0.5, 0.6) is 0 Å². The Hall–Kier alpha value is -3.40. The second-order valence-electron chi connectivity index (χ2n) is 7.42. The van der Waals surface area contributed by atoms with E-state index in [1.165, 1.54) is 21.8 Å². The van der Waals surface area contributed by atoms with Crippen molar-refractivity contribution in [1.29, 1.82) is 0 Å². The molecular formula is C26H23N3. The van der Waals surface area contributed by atoms with Crippen molar-refractivity contribution in [2.24, 2.45) is 11.5 Å². The average molecular weight is 377 g/mol. The van der Waals surface area contributed by atoms with Crippen LogP contribution < -0.4 is 11.5 Å². The SMILES string of the molecule is NC(c1ccccc1)C(N)c1ccc(-n2c3ccccc3c3ccccc32)cc1. The highest BCUT2D eigenvalue weighted by Gasteiger charge is 2.18. The van der Waals surface area contributed by atoms with Crippen LogP contribution in [0.3, 0.4) is 0 Å². The van der Waals surface area contributed by atoms with Gasteiger partial charge in [-0.2, -0.15) is 0 Å². The van der Waals surface area contributed by atoms with Crippen LogP contribution in [0.2, 0.25) is 0 Å². The molecule has 5 rings (SSSR count). The van der Waals surface area contributed by atoms with E-state index in [9.17, 15) is 0 Å². The van der Waals surface area contributed by atoms with Crippen molar-refractivity contribution in [3.8, 4) is 5.69 Å².